The molecule has 4 heteroatoms. The van der Waals surface area contributed by atoms with Crippen molar-refractivity contribution in [2.24, 2.45) is 0 Å². The van der Waals surface area contributed by atoms with Gasteiger partial charge in [-0.2, -0.15) is 0 Å². The molecule has 0 spiro atoms. The van der Waals surface area contributed by atoms with E-state index in [2.05, 4.69) is 23.3 Å². The summed E-state index contributed by atoms with van der Waals surface area (Å²) in [5.74, 6) is 1.93. The molecule has 0 amide bonds. The van der Waals surface area contributed by atoms with Crippen molar-refractivity contribution >= 4 is 16.5 Å². The third-order valence-electron chi connectivity index (χ3n) is 2.32. The van der Waals surface area contributed by atoms with Gasteiger partial charge in [-0.1, -0.05) is 0 Å². The first kappa shape index (κ1) is 10.2. The average Bonchev–Trinajstić information content (AvgIpc) is 2.75. The maximum atomic E-state index is 5.50. The zero-order valence-corrected chi connectivity index (χ0v) is 9.89. The lowest BCUT2D eigenvalue weighted by molar-refractivity contribution is 0.500. The van der Waals surface area contributed by atoms with E-state index in [-0.39, 0.29) is 6.04 Å². The first-order valence-electron chi connectivity index (χ1n) is 4.90. The number of rotatable bonds is 3. The van der Waals surface area contributed by atoms with Gasteiger partial charge in [0.1, 0.15) is 11.5 Å². The van der Waals surface area contributed by atoms with E-state index < -0.39 is 0 Å². The van der Waals surface area contributed by atoms with Crippen LogP contribution in [0.3, 0.4) is 0 Å². The topological polar surface area (TPSA) is 38.1 Å². The molecule has 2 rings (SSSR count). The second-order valence-corrected chi connectivity index (χ2v) is 4.47. The highest BCUT2D eigenvalue weighted by atomic mass is 32.1. The molecule has 0 radical (unpaired) electrons. The standard InChI is InChI=1S/C11H14N2OS/c1-7-6-10(9(3)14-7)8(2)13-11-12-4-5-15-11/h4-6,8H,1-3H3,(H,12,13). The monoisotopic (exact) mass is 222 g/mol. The number of furan rings is 1. The van der Waals surface area contributed by atoms with Crippen molar-refractivity contribution in [1.82, 2.24) is 4.98 Å². The molecule has 0 aromatic carbocycles. The van der Waals surface area contributed by atoms with Gasteiger partial charge in [0.2, 0.25) is 0 Å². The Morgan fingerprint density at radius 3 is 2.80 bits per heavy atom. The minimum atomic E-state index is 0.230. The summed E-state index contributed by atoms with van der Waals surface area (Å²) in [6.07, 6.45) is 1.80. The van der Waals surface area contributed by atoms with E-state index in [9.17, 15) is 0 Å². The zero-order chi connectivity index (χ0) is 10.8. The quantitative estimate of drug-likeness (QED) is 0.863. The Morgan fingerprint density at radius 2 is 2.27 bits per heavy atom. The van der Waals surface area contributed by atoms with E-state index in [1.165, 1.54) is 5.56 Å². The lowest BCUT2D eigenvalue weighted by Crippen LogP contribution is -2.06. The van der Waals surface area contributed by atoms with E-state index in [0.29, 0.717) is 0 Å². The molecule has 1 unspecified atom stereocenters. The summed E-state index contributed by atoms with van der Waals surface area (Å²) in [5, 5.41) is 6.25. The van der Waals surface area contributed by atoms with Gasteiger partial charge >= 0.3 is 0 Å². The van der Waals surface area contributed by atoms with Crippen LogP contribution in [0.5, 0.6) is 0 Å². The van der Waals surface area contributed by atoms with Gasteiger partial charge in [-0.15, -0.1) is 11.3 Å². The Kier molecular flexibility index (Phi) is 2.77. The van der Waals surface area contributed by atoms with E-state index in [4.69, 9.17) is 4.42 Å². The highest BCUT2D eigenvalue weighted by Gasteiger charge is 2.12. The zero-order valence-electron chi connectivity index (χ0n) is 9.07. The maximum absolute atomic E-state index is 5.50. The molecule has 2 aromatic heterocycles. The molecule has 0 bridgehead atoms. The molecular formula is C11H14N2OS. The largest absolute Gasteiger partial charge is 0.466 e. The van der Waals surface area contributed by atoms with Crippen molar-refractivity contribution in [3.05, 3.63) is 34.7 Å². The van der Waals surface area contributed by atoms with Gasteiger partial charge in [-0.05, 0) is 26.8 Å². The highest BCUT2D eigenvalue weighted by molar-refractivity contribution is 7.13. The minimum Gasteiger partial charge on any atom is -0.466 e. The Labute approximate surface area is 93.2 Å². The van der Waals surface area contributed by atoms with Crippen molar-refractivity contribution in [2.75, 3.05) is 5.32 Å². The number of nitrogens with zero attached hydrogens (tertiary/aromatic N) is 1. The van der Waals surface area contributed by atoms with Crippen molar-refractivity contribution < 1.29 is 4.42 Å². The van der Waals surface area contributed by atoms with Gasteiger partial charge in [-0.25, -0.2) is 4.98 Å². The lowest BCUT2D eigenvalue weighted by Gasteiger charge is -2.11. The summed E-state index contributed by atoms with van der Waals surface area (Å²) in [7, 11) is 0. The highest BCUT2D eigenvalue weighted by Crippen LogP contribution is 2.25. The number of nitrogens with one attached hydrogen (secondary N) is 1. The summed E-state index contributed by atoms with van der Waals surface area (Å²) in [4.78, 5) is 4.19. The third kappa shape index (κ3) is 2.21. The maximum Gasteiger partial charge on any atom is 0.183 e. The Hall–Kier alpha value is -1.29. The summed E-state index contributed by atoms with van der Waals surface area (Å²) in [6.45, 7) is 6.06. The number of hydrogen-bond acceptors (Lipinski definition) is 4. The Balaban J connectivity index is 2.14. The molecule has 0 saturated carbocycles. The van der Waals surface area contributed by atoms with Crippen LogP contribution in [-0.4, -0.2) is 4.98 Å². The van der Waals surface area contributed by atoms with Gasteiger partial charge in [0, 0.05) is 17.1 Å². The van der Waals surface area contributed by atoms with Gasteiger partial charge in [0.25, 0.3) is 0 Å². The molecule has 0 aliphatic carbocycles. The van der Waals surface area contributed by atoms with Crippen LogP contribution in [-0.2, 0) is 0 Å². The molecule has 15 heavy (non-hydrogen) atoms. The molecule has 2 heterocycles. The smallest absolute Gasteiger partial charge is 0.183 e. The van der Waals surface area contributed by atoms with Crippen LogP contribution in [0.15, 0.2) is 22.1 Å². The van der Waals surface area contributed by atoms with Crippen LogP contribution < -0.4 is 5.32 Å². The third-order valence-corrected chi connectivity index (χ3v) is 3.02. The number of aromatic nitrogens is 1. The van der Waals surface area contributed by atoms with Crippen LogP contribution in [0.1, 0.15) is 30.0 Å². The predicted molar refractivity (Wildman–Crippen MR) is 62.3 cm³/mol. The summed E-state index contributed by atoms with van der Waals surface area (Å²) >= 11 is 1.61. The fraction of sp³-hybridized carbons (Fsp3) is 0.364. The molecule has 0 saturated heterocycles. The molecule has 1 N–H and O–H groups in total. The van der Waals surface area contributed by atoms with Gasteiger partial charge in [0.05, 0.1) is 6.04 Å². The van der Waals surface area contributed by atoms with E-state index in [1.54, 1.807) is 17.5 Å². The summed E-state index contributed by atoms with van der Waals surface area (Å²) in [6, 6.07) is 2.30. The fourth-order valence-corrected chi connectivity index (χ4v) is 2.26. The second kappa shape index (κ2) is 4.06. The Morgan fingerprint density at radius 1 is 1.47 bits per heavy atom. The molecule has 0 aliphatic heterocycles. The molecule has 80 valence electrons. The number of hydrogen-bond donors (Lipinski definition) is 1. The number of thiazole rings is 1. The SMILES string of the molecule is Cc1cc(C(C)Nc2nccs2)c(C)o1. The minimum absolute atomic E-state index is 0.230. The summed E-state index contributed by atoms with van der Waals surface area (Å²) in [5.41, 5.74) is 1.20. The van der Waals surface area contributed by atoms with E-state index >= 15 is 0 Å². The van der Waals surface area contributed by atoms with Crippen LogP contribution in [0.4, 0.5) is 5.13 Å². The molecule has 0 aliphatic rings. The van der Waals surface area contributed by atoms with Gasteiger partial charge < -0.3 is 9.73 Å². The van der Waals surface area contributed by atoms with Crippen LogP contribution in [0.2, 0.25) is 0 Å². The molecular weight excluding hydrogens is 208 g/mol. The van der Waals surface area contributed by atoms with E-state index in [0.717, 1.165) is 16.7 Å². The fourth-order valence-electron chi connectivity index (χ4n) is 1.64. The first-order chi connectivity index (χ1) is 7.16. The summed E-state index contributed by atoms with van der Waals surface area (Å²) < 4.78 is 5.50. The van der Waals surface area contributed by atoms with Gasteiger partial charge in [0.15, 0.2) is 5.13 Å². The average molecular weight is 222 g/mol. The molecule has 1 atom stereocenters. The molecule has 2 aromatic rings. The van der Waals surface area contributed by atoms with Gasteiger partial charge in [-0.3, -0.25) is 0 Å². The van der Waals surface area contributed by atoms with Crippen LogP contribution in [0.25, 0.3) is 0 Å². The normalized spacial score (nSPS) is 12.7. The van der Waals surface area contributed by atoms with E-state index in [1.807, 2.05) is 19.2 Å². The van der Waals surface area contributed by atoms with Crippen molar-refractivity contribution in [1.29, 1.82) is 0 Å². The first-order valence-corrected chi connectivity index (χ1v) is 5.77. The Bertz CT molecular complexity index is 433. The second-order valence-electron chi connectivity index (χ2n) is 3.57. The predicted octanol–water partition coefficient (Wildman–Crippen LogP) is 3.53. The van der Waals surface area contributed by atoms with Crippen molar-refractivity contribution in [3.63, 3.8) is 0 Å². The molecule has 0 fully saturated rings. The molecule has 3 nitrogen and oxygen atoms in total. The van der Waals surface area contributed by atoms with Crippen LogP contribution >= 0.6 is 11.3 Å². The lowest BCUT2D eigenvalue weighted by atomic mass is 10.1. The van der Waals surface area contributed by atoms with Crippen molar-refractivity contribution in [3.8, 4) is 0 Å². The number of anilines is 1. The van der Waals surface area contributed by atoms with Crippen molar-refractivity contribution in [2.45, 2.75) is 26.8 Å². The number of aryl methyl sites for hydroxylation is 2. The van der Waals surface area contributed by atoms with Crippen LogP contribution in [0, 0.1) is 13.8 Å².